The first-order chi connectivity index (χ1) is 9.49. The lowest BCUT2D eigenvalue weighted by atomic mass is 10.2. The molecule has 1 N–H and O–H groups in total. The summed E-state index contributed by atoms with van der Waals surface area (Å²) < 4.78 is 57.0. The van der Waals surface area contributed by atoms with E-state index in [1.807, 2.05) is 0 Å². The zero-order valence-corrected chi connectivity index (χ0v) is 11.2. The minimum absolute atomic E-state index is 0.0189. The quantitative estimate of drug-likeness (QED) is 0.560. The Morgan fingerprint density at radius 3 is 2.60 bits per heavy atom. The molecular weight excluding hydrogens is 302 g/mol. The van der Waals surface area contributed by atoms with Gasteiger partial charge in [0, 0.05) is 23.7 Å². The van der Waals surface area contributed by atoms with Gasteiger partial charge in [-0.1, -0.05) is 11.6 Å². The molecule has 1 rings (SSSR count). The Kier molecular flexibility index (Phi) is 7.64. The molecule has 1 aromatic rings. The number of benzene rings is 1. The van der Waals surface area contributed by atoms with Crippen molar-refractivity contribution in [3.05, 3.63) is 28.8 Å². The van der Waals surface area contributed by atoms with Crippen molar-refractivity contribution in [2.75, 3.05) is 19.8 Å². The van der Waals surface area contributed by atoms with Crippen LogP contribution in [0.25, 0.3) is 0 Å². The van der Waals surface area contributed by atoms with Gasteiger partial charge in [0.15, 0.2) is 0 Å². The monoisotopic (exact) mass is 315 g/mol. The summed E-state index contributed by atoms with van der Waals surface area (Å²) in [5.74, 6) is 0.0189. The summed E-state index contributed by atoms with van der Waals surface area (Å²) in [5, 5.41) is 3.25. The highest BCUT2D eigenvalue weighted by atomic mass is 35.5. The largest absolute Gasteiger partial charge is 0.434 e. The fourth-order valence-electron chi connectivity index (χ4n) is 1.44. The van der Waals surface area contributed by atoms with Crippen LogP contribution in [0.3, 0.4) is 0 Å². The van der Waals surface area contributed by atoms with Crippen LogP contribution in [-0.4, -0.2) is 32.8 Å². The first kappa shape index (κ1) is 17.0. The van der Waals surface area contributed by atoms with E-state index in [-0.39, 0.29) is 18.9 Å². The van der Waals surface area contributed by atoms with Crippen LogP contribution < -0.4 is 10.1 Å². The molecule has 0 spiro atoms. The standard InChI is InChI=1S/C12H14ClF4NO2/c13-9-1-2-10(20-12(16)17)8(5-9)6-18-3-4-19-7-11(14)15/h1-2,5,11-12,18H,3-4,6-7H2. The van der Waals surface area contributed by atoms with Crippen LogP contribution in [0.4, 0.5) is 17.6 Å². The Balaban J connectivity index is 2.40. The molecule has 0 aromatic heterocycles. The summed E-state index contributed by atoms with van der Waals surface area (Å²) in [6, 6.07) is 4.28. The maximum absolute atomic E-state index is 12.2. The molecule has 0 aliphatic carbocycles. The summed E-state index contributed by atoms with van der Waals surface area (Å²) in [7, 11) is 0. The zero-order chi connectivity index (χ0) is 15.0. The minimum atomic E-state index is -2.93. The van der Waals surface area contributed by atoms with Crippen molar-refractivity contribution in [3.8, 4) is 5.75 Å². The minimum Gasteiger partial charge on any atom is -0.434 e. The van der Waals surface area contributed by atoms with Gasteiger partial charge in [-0.05, 0) is 18.2 Å². The first-order valence-electron chi connectivity index (χ1n) is 5.79. The van der Waals surface area contributed by atoms with Crippen LogP contribution in [-0.2, 0) is 11.3 Å². The number of hydrogen-bond donors (Lipinski definition) is 1. The third-order valence-electron chi connectivity index (χ3n) is 2.22. The summed E-state index contributed by atoms with van der Waals surface area (Å²) in [5.41, 5.74) is 0.451. The predicted molar refractivity (Wildman–Crippen MR) is 66.6 cm³/mol. The Labute approximate surface area is 118 Å². The topological polar surface area (TPSA) is 30.5 Å². The molecule has 0 heterocycles. The number of alkyl halides is 4. The number of ether oxygens (including phenoxy) is 2. The van der Waals surface area contributed by atoms with Gasteiger partial charge in [0.05, 0.1) is 6.61 Å². The molecule has 114 valence electrons. The van der Waals surface area contributed by atoms with Crippen molar-refractivity contribution in [1.82, 2.24) is 5.32 Å². The maximum atomic E-state index is 12.2. The highest BCUT2D eigenvalue weighted by Crippen LogP contribution is 2.24. The van der Waals surface area contributed by atoms with Crippen molar-refractivity contribution in [3.63, 3.8) is 0 Å². The van der Waals surface area contributed by atoms with E-state index in [9.17, 15) is 17.6 Å². The van der Waals surface area contributed by atoms with Crippen molar-refractivity contribution < 1.29 is 27.0 Å². The predicted octanol–water partition coefficient (Wildman–Crippen LogP) is 3.31. The van der Waals surface area contributed by atoms with E-state index in [2.05, 4.69) is 14.8 Å². The SMILES string of the molecule is FC(F)COCCNCc1cc(Cl)ccc1OC(F)F. The van der Waals surface area contributed by atoms with Gasteiger partial charge >= 0.3 is 6.61 Å². The molecule has 0 aliphatic heterocycles. The van der Waals surface area contributed by atoms with Crippen molar-refractivity contribution in [2.24, 2.45) is 0 Å². The molecule has 0 fully saturated rings. The smallest absolute Gasteiger partial charge is 0.387 e. The zero-order valence-electron chi connectivity index (χ0n) is 10.4. The molecule has 8 heteroatoms. The molecule has 1 aromatic carbocycles. The molecule has 20 heavy (non-hydrogen) atoms. The Morgan fingerprint density at radius 2 is 1.95 bits per heavy atom. The van der Waals surface area contributed by atoms with Gasteiger partial charge in [-0.3, -0.25) is 0 Å². The van der Waals surface area contributed by atoms with Gasteiger partial charge < -0.3 is 14.8 Å². The third-order valence-corrected chi connectivity index (χ3v) is 2.46. The Bertz CT molecular complexity index is 407. The van der Waals surface area contributed by atoms with Crippen molar-refractivity contribution >= 4 is 11.6 Å². The molecule has 0 saturated heterocycles. The van der Waals surface area contributed by atoms with E-state index >= 15 is 0 Å². The van der Waals surface area contributed by atoms with Gasteiger partial charge in [-0.2, -0.15) is 8.78 Å². The second kappa shape index (κ2) is 8.99. The van der Waals surface area contributed by atoms with Crippen LogP contribution in [0.5, 0.6) is 5.75 Å². The molecule has 0 aliphatic rings. The summed E-state index contributed by atoms with van der Waals surface area (Å²) in [6.07, 6.45) is -2.51. The van der Waals surface area contributed by atoms with Crippen LogP contribution in [0, 0.1) is 0 Å². The number of halogens is 5. The first-order valence-corrected chi connectivity index (χ1v) is 6.16. The normalized spacial score (nSPS) is 11.3. The van der Waals surface area contributed by atoms with Crippen LogP contribution in [0.15, 0.2) is 18.2 Å². The van der Waals surface area contributed by atoms with Gasteiger partial charge in [-0.25, -0.2) is 8.78 Å². The fraction of sp³-hybridized carbons (Fsp3) is 0.500. The number of hydrogen-bond acceptors (Lipinski definition) is 3. The van der Waals surface area contributed by atoms with Gasteiger partial charge in [0.25, 0.3) is 6.43 Å². The highest BCUT2D eigenvalue weighted by Gasteiger charge is 2.10. The molecular formula is C12H14ClF4NO2. The summed E-state index contributed by atoms with van der Waals surface area (Å²) in [4.78, 5) is 0. The van der Waals surface area contributed by atoms with Gasteiger partial charge in [-0.15, -0.1) is 0 Å². The van der Waals surface area contributed by atoms with Crippen molar-refractivity contribution in [1.29, 1.82) is 0 Å². The van der Waals surface area contributed by atoms with Gasteiger partial charge in [0.1, 0.15) is 12.4 Å². The summed E-state index contributed by atoms with van der Waals surface area (Å²) in [6.45, 7) is -2.95. The van der Waals surface area contributed by atoms with Crippen LogP contribution in [0.2, 0.25) is 5.02 Å². The second-order valence-electron chi connectivity index (χ2n) is 3.77. The van der Waals surface area contributed by atoms with E-state index in [0.717, 1.165) is 0 Å². The average Bonchev–Trinajstić information content (AvgIpc) is 2.35. The van der Waals surface area contributed by atoms with E-state index < -0.39 is 19.6 Å². The average molecular weight is 316 g/mol. The maximum Gasteiger partial charge on any atom is 0.387 e. The van der Waals surface area contributed by atoms with Gasteiger partial charge in [0.2, 0.25) is 0 Å². The fourth-order valence-corrected chi connectivity index (χ4v) is 1.63. The molecule has 0 amide bonds. The molecule has 0 unspecified atom stereocenters. The van der Waals surface area contributed by atoms with E-state index in [1.165, 1.54) is 18.2 Å². The lowest BCUT2D eigenvalue weighted by Gasteiger charge is -2.12. The molecule has 3 nitrogen and oxygen atoms in total. The summed E-state index contributed by atoms with van der Waals surface area (Å²) >= 11 is 5.77. The van der Waals surface area contributed by atoms with E-state index in [4.69, 9.17) is 11.6 Å². The van der Waals surface area contributed by atoms with E-state index in [0.29, 0.717) is 17.1 Å². The lowest BCUT2D eigenvalue weighted by Crippen LogP contribution is -2.21. The highest BCUT2D eigenvalue weighted by molar-refractivity contribution is 6.30. The third kappa shape index (κ3) is 6.93. The Hall–Kier alpha value is -1.05. The second-order valence-corrected chi connectivity index (χ2v) is 4.21. The molecule has 0 radical (unpaired) electrons. The molecule has 0 atom stereocenters. The Morgan fingerprint density at radius 1 is 1.20 bits per heavy atom. The number of nitrogens with one attached hydrogen (secondary N) is 1. The molecule has 0 saturated carbocycles. The van der Waals surface area contributed by atoms with Crippen LogP contribution in [0.1, 0.15) is 5.56 Å². The van der Waals surface area contributed by atoms with Crippen LogP contribution >= 0.6 is 11.6 Å². The molecule has 0 bridgehead atoms. The number of rotatable bonds is 9. The van der Waals surface area contributed by atoms with E-state index in [1.54, 1.807) is 0 Å². The van der Waals surface area contributed by atoms with Crippen molar-refractivity contribution in [2.45, 2.75) is 19.6 Å². The lowest BCUT2D eigenvalue weighted by molar-refractivity contribution is -0.0505.